The number of aromatic nitrogens is 1. The number of nitrogens with one attached hydrogen (secondary N) is 2. The number of ketones is 1. The van der Waals surface area contributed by atoms with Crippen LogP contribution in [0.25, 0.3) is 11.0 Å². The van der Waals surface area contributed by atoms with Gasteiger partial charge < -0.3 is 19.5 Å². The molecule has 0 bridgehead atoms. The van der Waals surface area contributed by atoms with Crippen molar-refractivity contribution in [1.29, 1.82) is 0 Å². The fraction of sp³-hybridized carbons (Fsp3) is 0.238. The first-order valence-electron chi connectivity index (χ1n) is 8.89. The zero-order chi connectivity index (χ0) is 21.3. The van der Waals surface area contributed by atoms with E-state index in [2.05, 4.69) is 10.3 Å². The van der Waals surface area contributed by atoms with Gasteiger partial charge in [-0.05, 0) is 38.5 Å². The summed E-state index contributed by atoms with van der Waals surface area (Å²) in [6.07, 6.45) is 0. The van der Waals surface area contributed by atoms with E-state index >= 15 is 0 Å². The number of carbonyl (C=O) groups is 3. The van der Waals surface area contributed by atoms with Crippen molar-refractivity contribution in [2.24, 2.45) is 0 Å². The summed E-state index contributed by atoms with van der Waals surface area (Å²) in [6.45, 7) is 6.03. The Hall–Kier alpha value is -3.68. The molecule has 0 aliphatic carbocycles. The van der Waals surface area contributed by atoms with Crippen molar-refractivity contribution in [2.75, 3.05) is 5.32 Å². The van der Waals surface area contributed by atoms with Gasteiger partial charge in [0.2, 0.25) is 5.91 Å². The Balaban J connectivity index is 1.88. The fourth-order valence-electron chi connectivity index (χ4n) is 3.33. The number of aryl methyl sites for hydroxylation is 1. The first kappa shape index (κ1) is 20.1. The lowest BCUT2D eigenvalue weighted by atomic mass is 10.1. The summed E-state index contributed by atoms with van der Waals surface area (Å²) in [5.41, 5.74) is 2.40. The number of amides is 1. The summed E-state index contributed by atoms with van der Waals surface area (Å²) in [5.74, 6) is -1.02. The lowest BCUT2D eigenvalue weighted by Gasteiger charge is -2.09. The molecular formula is C21H20N2O6. The van der Waals surface area contributed by atoms with Gasteiger partial charge in [0.05, 0.1) is 0 Å². The van der Waals surface area contributed by atoms with E-state index < -0.39 is 11.6 Å². The molecule has 0 fully saturated rings. The van der Waals surface area contributed by atoms with Crippen LogP contribution in [0, 0.1) is 13.8 Å². The summed E-state index contributed by atoms with van der Waals surface area (Å²) in [4.78, 5) is 50.2. The van der Waals surface area contributed by atoms with E-state index in [1.165, 1.54) is 26.0 Å². The first-order chi connectivity index (χ1) is 13.7. The van der Waals surface area contributed by atoms with Crippen LogP contribution in [-0.4, -0.2) is 22.6 Å². The minimum atomic E-state index is -0.630. The monoisotopic (exact) mass is 396 g/mol. The Morgan fingerprint density at radius 2 is 1.86 bits per heavy atom. The Morgan fingerprint density at radius 3 is 2.48 bits per heavy atom. The molecule has 0 spiro atoms. The van der Waals surface area contributed by atoms with Crippen LogP contribution in [0.15, 0.2) is 33.5 Å². The number of hydrogen-bond acceptors (Lipinski definition) is 6. The topological polar surface area (TPSA) is 118 Å². The number of fused-ring (bicyclic) bond motifs is 1. The predicted octanol–water partition coefficient (Wildman–Crippen LogP) is 3.26. The number of aromatic amines is 1. The summed E-state index contributed by atoms with van der Waals surface area (Å²) in [5, 5.41) is 3.19. The quantitative estimate of drug-likeness (QED) is 0.388. The highest BCUT2D eigenvalue weighted by molar-refractivity contribution is 6.01. The molecule has 0 saturated carbocycles. The van der Waals surface area contributed by atoms with E-state index in [1.807, 2.05) is 0 Å². The van der Waals surface area contributed by atoms with E-state index in [4.69, 9.17) is 9.15 Å². The molecule has 8 heteroatoms. The normalized spacial score (nSPS) is 10.8. The molecule has 2 N–H and O–H groups in total. The third kappa shape index (κ3) is 4.11. The molecule has 1 amide bonds. The van der Waals surface area contributed by atoms with Gasteiger partial charge in [0.15, 0.2) is 5.78 Å². The second kappa shape index (κ2) is 7.75. The van der Waals surface area contributed by atoms with Crippen LogP contribution in [-0.2, 0) is 16.1 Å². The Kier molecular flexibility index (Phi) is 5.36. The molecule has 2 heterocycles. The number of Topliss-reactive ketones (excluding diaryl/α,β-unsaturated/α-hetero) is 1. The SMILES string of the molecule is CC(=O)Nc1ccc2c(COC(=O)c3[nH]c(C)c(C(C)=O)c3C)cc(=O)oc2c1. The van der Waals surface area contributed by atoms with Crippen LogP contribution in [0.5, 0.6) is 0 Å². The molecule has 0 saturated heterocycles. The second-order valence-electron chi connectivity index (χ2n) is 6.74. The van der Waals surface area contributed by atoms with E-state index in [0.717, 1.165) is 0 Å². The van der Waals surface area contributed by atoms with Gasteiger partial charge in [0.1, 0.15) is 17.9 Å². The van der Waals surface area contributed by atoms with Gasteiger partial charge in [-0.3, -0.25) is 9.59 Å². The number of ether oxygens (including phenoxy) is 1. The number of anilines is 1. The standard InChI is InChI=1S/C21H20N2O6/c1-10-19(12(3)24)11(2)22-20(10)21(27)28-9-14-7-18(26)29-17-8-15(23-13(4)25)5-6-16(14)17/h5-8,22H,9H2,1-4H3,(H,23,25). The largest absolute Gasteiger partial charge is 0.456 e. The zero-order valence-electron chi connectivity index (χ0n) is 16.5. The summed E-state index contributed by atoms with van der Waals surface area (Å²) in [6, 6.07) is 6.11. The molecule has 0 unspecified atom stereocenters. The highest BCUT2D eigenvalue weighted by Crippen LogP contribution is 2.23. The van der Waals surface area contributed by atoms with Crippen molar-refractivity contribution < 1.29 is 23.5 Å². The van der Waals surface area contributed by atoms with Gasteiger partial charge >= 0.3 is 11.6 Å². The lowest BCUT2D eigenvalue weighted by Crippen LogP contribution is -2.10. The molecule has 3 rings (SSSR count). The number of H-pyrrole nitrogens is 1. The number of rotatable bonds is 5. The average molecular weight is 396 g/mol. The maximum Gasteiger partial charge on any atom is 0.355 e. The molecule has 1 aromatic carbocycles. The Morgan fingerprint density at radius 1 is 1.14 bits per heavy atom. The number of benzene rings is 1. The van der Waals surface area contributed by atoms with Crippen LogP contribution >= 0.6 is 0 Å². The molecule has 0 radical (unpaired) electrons. The molecule has 0 aliphatic heterocycles. The molecule has 29 heavy (non-hydrogen) atoms. The van der Waals surface area contributed by atoms with Crippen LogP contribution in [0.1, 0.15) is 51.5 Å². The summed E-state index contributed by atoms with van der Waals surface area (Å²) >= 11 is 0. The minimum absolute atomic E-state index is 0.142. The van der Waals surface area contributed by atoms with E-state index in [1.54, 1.807) is 26.0 Å². The third-order valence-electron chi connectivity index (χ3n) is 4.50. The Labute approximate surface area is 165 Å². The van der Waals surface area contributed by atoms with Crippen LogP contribution in [0.3, 0.4) is 0 Å². The molecule has 8 nitrogen and oxygen atoms in total. The molecule has 150 valence electrons. The van der Waals surface area contributed by atoms with E-state index in [9.17, 15) is 19.2 Å². The van der Waals surface area contributed by atoms with Crippen LogP contribution < -0.4 is 10.9 Å². The van der Waals surface area contributed by atoms with Crippen molar-refractivity contribution in [3.05, 3.63) is 62.8 Å². The van der Waals surface area contributed by atoms with Gasteiger partial charge in [-0.2, -0.15) is 0 Å². The smallest absolute Gasteiger partial charge is 0.355 e. The predicted molar refractivity (Wildman–Crippen MR) is 106 cm³/mol. The highest BCUT2D eigenvalue weighted by atomic mass is 16.5. The van der Waals surface area contributed by atoms with Crippen molar-refractivity contribution in [3.63, 3.8) is 0 Å². The van der Waals surface area contributed by atoms with Gasteiger partial charge in [-0.1, -0.05) is 0 Å². The average Bonchev–Trinajstić information content (AvgIpc) is 2.92. The van der Waals surface area contributed by atoms with Gasteiger partial charge in [-0.15, -0.1) is 0 Å². The molecule has 3 aromatic rings. The number of hydrogen-bond donors (Lipinski definition) is 2. The lowest BCUT2D eigenvalue weighted by molar-refractivity contribution is -0.114. The van der Waals surface area contributed by atoms with E-state index in [0.29, 0.717) is 33.5 Å². The zero-order valence-corrected chi connectivity index (χ0v) is 16.5. The minimum Gasteiger partial charge on any atom is -0.456 e. The van der Waals surface area contributed by atoms with Gasteiger partial charge in [0.25, 0.3) is 0 Å². The maximum absolute atomic E-state index is 12.5. The number of esters is 1. The van der Waals surface area contributed by atoms with Crippen LogP contribution in [0.2, 0.25) is 0 Å². The molecular weight excluding hydrogens is 376 g/mol. The van der Waals surface area contributed by atoms with Crippen molar-refractivity contribution in [2.45, 2.75) is 34.3 Å². The number of carbonyl (C=O) groups excluding carboxylic acids is 3. The van der Waals surface area contributed by atoms with Crippen LogP contribution in [0.4, 0.5) is 5.69 Å². The summed E-state index contributed by atoms with van der Waals surface area (Å²) < 4.78 is 10.6. The molecule has 0 aliphatic rings. The van der Waals surface area contributed by atoms with Crippen molar-refractivity contribution >= 4 is 34.3 Å². The fourth-order valence-corrected chi connectivity index (χ4v) is 3.33. The molecule has 0 atom stereocenters. The van der Waals surface area contributed by atoms with Gasteiger partial charge in [0, 0.05) is 47.0 Å². The first-order valence-corrected chi connectivity index (χ1v) is 8.89. The highest BCUT2D eigenvalue weighted by Gasteiger charge is 2.21. The van der Waals surface area contributed by atoms with Gasteiger partial charge in [-0.25, -0.2) is 9.59 Å². The second-order valence-corrected chi connectivity index (χ2v) is 6.74. The molecule has 2 aromatic heterocycles. The maximum atomic E-state index is 12.5. The Bertz CT molecular complexity index is 1200. The van der Waals surface area contributed by atoms with E-state index in [-0.39, 0.29) is 29.6 Å². The third-order valence-corrected chi connectivity index (χ3v) is 4.50. The van der Waals surface area contributed by atoms with Crippen molar-refractivity contribution in [3.8, 4) is 0 Å². The summed E-state index contributed by atoms with van der Waals surface area (Å²) in [7, 11) is 0. The van der Waals surface area contributed by atoms with Crippen molar-refractivity contribution in [1.82, 2.24) is 4.98 Å².